The quantitative estimate of drug-likeness (QED) is 0.700. The molecule has 1 nitrogen and oxygen atoms in total. The first-order chi connectivity index (χ1) is 6.34. The Morgan fingerprint density at radius 2 is 2.00 bits per heavy atom. The fraction of sp³-hybridized carbons (Fsp3) is 0.0909. The summed E-state index contributed by atoms with van der Waals surface area (Å²) in [7, 11) is 0. The van der Waals surface area contributed by atoms with Crippen molar-refractivity contribution in [3.63, 3.8) is 0 Å². The average molecular weight is 189 g/mol. The summed E-state index contributed by atoms with van der Waals surface area (Å²) >= 11 is 1.54. The third-order valence-corrected chi connectivity index (χ3v) is 2.37. The highest BCUT2D eigenvalue weighted by Gasteiger charge is 1.96. The summed E-state index contributed by atoms with van der Waals surface area (Å²) < 4.78 is 5.56. The molecule has 1 aromatic carbocycles. The van der Waals surface area contributed by atoms with Gasteiger partial charge in [0.2, 0.25) is 0 Å². The van der Waals surface area contributed by atoms with Gasteiger partial charge in [-0.1, -0.05) is 17.7 Å². The highest BCUT2D eigenvalue weighted by Crippen LogP contribution is 2.25. The lowest BCUT2D eigenvalue weighted by Gasteiger charge is -2.01. The molecule has 0 saturated heterocycles. The summed E-state index contributed by atoms with van der Waals surface area (Å²) in [5, 5.41) is 2.76. The number of benzene rings is 1. The number of aryl methyl sites for hydroxylation is 1. The van der Waals surface area contributed by atoms with Gasteiger partial charge in [0.25, 0.3) is 0 Å². The molecule has 65 valence electrons. The molecule has 0 unspecified atom stereocenters. The highest BCUT2D eigenvalue weighted by atomic mass is 32.1. The normalized spacial score (nSPS) is 9.92. The van der Waals surface area contributed by atoms with E-state index in [1.807, 2.05) is 35.7 Å². The van der Waals surface area contributed by atoms with Crippen LogP contribution in [-0.4, -0.2) is 0 Å². The van der Waals surface area contributed by atoms with Gasteiger partial charge < -0.3 is 4.74 Å². The van der Waals surface area contributed by atoms with Gasteiger partial charge in [-0.2, -0.15) is 0 Å². The lowest BCUT2D eigenvalue weighted by molar-refractivity contribution is 0.496. The van der Waals surface area contributed by atoms with Crippen LogP contribution in [0.2, 0.25) is 0 Å². The van der Waals surface area contributed by atoms with E-state index in [4.69, 9.17) is 4.74 Å². The second-order valence-electron chi connectivity index (χ2n) is 2.78. The van der Waals surface area contributed by atoms with Gasteiger partial charge >= 0.3 is 0 Å². The van der Waals surface area contributed by atoms with Crippen LogP contribution in [0.4, 0.5) is 0 Å². The zero-order valence-corrected chi connectivity index (χ0v) is 8.10. The van der Waals surface area contributed by atoms with E-state index in [1.165, 1.54) is 5.56 Å². The van der Waals surface area contributed by atoms with Crippen LogP contribution in [0, 0.1) is 13.0 Å². The Bertz CT molecular complexity index is 361. The molecule has 2 heteroatoms. The second-order valence-corrected chi connectivity index (χ2v) is 3.65. The minimum absolute atomic E-state index is 0.876. The first kappa shape index (κ1) is 8.32. The van der Waals surface area contributed by atoms with E-state index in [2.05, 4.69) is 13.0 Å². The van der Waals surface area contributed by atoms with Gasteiger partial charge in [0.15, 0.2) is 5.06 Å². The van der Waals surface area contributed by atoms with Gasteiger partial charge in [0.05, 0.1) is 0 Å². The van der Waals surface area contributed by atoms with Gasteiger partial charge in [-0.25, -0.2) is 0 Å². The summed E-state index contributed by atoms with van der Waals surface area (Å²) in [6.07, 6.45) is 0. The largest absolute Gasteiger partial charge is 0.447 e. The van der Waals surface area contributed by atoms with Crippen molar-refractivity contribution in [3.8, 4) is 10.8 Å². The molecule has 0 saturated carbocycles. The molecule has 2 rings (SSSR count). The van der Waals surface area contributed by atoms with Gasteiger partial charge in [-0.05, 0) is 25.1 Å². The first-order valence-corrected chi connectivity index (χ1v) is 4.92. The second kappa shape index (κ2) is 3.62. The highest BCUT2D eigenvalue weighted by molar-refractivity contribution is 7.11. The zero-order valence-electron chi connectivity index (χ0n) is 7.28. The van der Waals surface area contributed by atoms with E-state index >= 15 is 0 Å². The molecule has 0 aliphatic rings. The van der Waals surface area contributed by atoms with Crippen LogP contribution in [0.25, 0.3) is 0 Å². The molecule has 0 aliphatic heterocycles. The number of hydrogen-bond donors (Lipinski definition) is 0. The number of hydrogen-bond acceptors (Lipinski definition) is 2. The zero-order chi connectivity index (χ0) is 9.10. The summed E-state index contributed by atoms with van der Waals surface area (Å²) in [6.45, 7) is 2.06. The SMILES string of the molecule is Cc1ccc(Oc2c[c]cs2)cc1. The fourth-order valence-electron chi connectivity index (χ4n) is 1.00. The van der Waals surface area contributed by atoms with E-state index in [1.54, 1.807) is 11.3 Å². The third-order valence-electron chi connectivity index (χ3n) is 1.68. The summed E-state index contributed by atoms with van der Waals surface area (Å²) in [5.74, 6) is 0.876. The molecule has 0 N–H and O–H groups in total. The standard InChI is InChI=1S/C11H9OS/c1-9-4-6-10(7-5-9)12-11-3-2-8-13-11/h3-8H,1H3. The van der Waals surface area contributed by atoms with Crippen LogP contribution in [0.15, 0.2) is 35.7 Å². The van der Waals surface area contributed by atoms with Crippen LogP contribution in [0.3, 0.4) is 0 Å². The van der Waals surface area contributed by atoms with Crippen LogP contribution >= 0.6 is 11.3 Å². The maximum Gasteiger partial charge on any atom is 0.181 e. The Kier molecular flexibility index (Phi) is 2.32. The van der Waals surface area contributed by atoms with Crippen LogP contribution in [-0.2, 0) is 0 Å². The Morgan fingerprint density at radius 3 is 2.62 bits per heavy atom. The van der Waals surface area contributed by atoms with E-state index in [-0.39, 0.29) is 0 Å². The van der Waals surface area contributed by atoms with Crippen molar-refractivity contribution >= 4 is 11.3 Å². The number of rotatable bonds is 2. The molecular weight excluding hydrogens is 180 g/mol. The predicted molar refractivity (Wildman–Crippen MR) is 54.4 cm³/mol. The topological polar surface area (TPSA) is 9.23 Å². The molecule has 1 heterocycles. The number of ether oxygens (including phenoxy) is 1. The van der Waals surface area contributed by atoms with Crippen LogP contribution < -0.4 is 4.74 Å². The molecule has 0 aliphatic carbocycles. The van der Waals surface area contributed by atoms with Crippen molar-refractivity contribution in [3.05, 3.63) is 47.3 Å². The predicted octanol–water partition coefficient (Wildman–Crippen LogP) is 3.65. The van der Waals surface area contributed by atoms with Gasteiger partial charge in [-0.15, -0.1) is 11.3 Å². The van der Waals surface area contributed by atoms with Crippen molar-refractivity contribution < 1.29 is 4.74 Å². The van der Waals surface area contributed by atoms with Crippen molar-refractivity contribution in [2.24, 2.45) is 0 Å². The van der Waals surface area contributed by atoms with Crippen molar-refractivity contribution in [1.29, 1.82) is 0 Å². The molecule has 0 amide bonds. The van der Waals surface area contributed by atoms with Crippen molar-refractivity contribution in [1.82, 2.24) is 0 Å². The summed E-state index contributed by atoms with van der Waals surface area (Å²) in [6, 6.07) is 12.8. The van der Waals surface area contributed by atoms with Crippen LogP contribution in [0.1, 0.15) is 5.56 Å². The molecule has 1 radical (unpaired) electrons. The van der Waals surface area contributed by atoms with E-state index in [0.29, 0.717) is 0 Å². The maximum atomic E-state index is 5.56. The molecule has 2 aromatic rings. The maximum absolute atomic E-state index is 5.56. The molecule has 13 heavy (non-hydrogen) atoms. The Morgan fingerprint density at radius 1 is 1.23 bits per heavy atom. The molecular formula is C11H9OS. The molecule has 0 bridgehead atoms. The molecule has 0 spiro atoms. The summed E-state index contributed by atoms with van der Waals surface area (Å²) in [5.41, 5.74) is 1.24. The molecule has 1 aromatic heterocycles. The van der Waals surface area contributed by atoms with E-state index < -0.39 is 0 Å². The van der Waals surface area contributed by atoms with E-state index in [0.717, 1.165) is 10.8 Å². The monoisotopic (exact) mass is 189 g/mol. The molecule has 0 fully saturated rings. The van der Waals surface area contributed by atoms with Crippen molar-refractivity contribution in [2.45, 2.75) is 6.92 Å². The fourth-order valence-corrected chi connectivity index (χ4v) is 1.54. The number of thiophene rings is 1. The Balaban J connectivity index is 2.15. The Labute approximate surface area is 81.6 Å². The lowest BCUT2D eigenvalue weighted by atomic mass is 10.2. The Hall–Kier alpha value is -1.28. The third kappa shape index (κ3) is 2.10. The van der Waals surface area contributed by atoms with Gasteiger partial charge in [0.1, 0.15) is 5.75 Å². The van der Waals surface area contributed by atoms with Gasteiger partial charge in [0, 0.05) is 11.4 Å². The van der Waals surface area contributed by atoms with Crippen LogP contribution in [0.5, 0.6) is 10.8 Å². The first-order valence-electron chi connectivity index (χ1n) is 4.04. The average Bonchev–Trinajstić information content (AvgIpc) is 2.62. The molecule has 0 atom stereocenters. The van der Waals surface area contributed by atoms with Crippen molar-refractivity contribution in [2.75, 3.05) is 0 Å². The van der Waals surface area contributed by atoms with Gasteiger partial charge in [-0.3, -0.25) is 0 Å². The summed E-state index contributed by atoms with van der Waals surface area (Å²) in [4.78, 5) is 0. The van der Waals surface area contributed by atoms with E-state index in [9.17, 15) is 0 Å². The lowest BCUT2D eigenvalue weighted by Crippen LogP contribution is -1.79. The minimum Gasteiger partial charge on any atom is -0.447 e. The minimum atomic E-state index is 0.876. The smallest absolute Gasteiger partial charge is 0.181 e.